The minimum atomic E-state index is -1.06. The van der Waals surface area contributed by atoms with Crippen molar-refractivity contribution < 1.29 is 23.5 Å². The maximum Gasteiger partial charge on any atom is 0.375 e. The lowest BCUT2D eigenvalue weighted by Gasteiger charge is -2.14. The molecule has 2 aromatic carbocycles. The third kappa shape index (κ3) is 3.74. The van der Waals surface area contributed by atoms with E-state index < -0.39 is 18.0 Å². The lowest BCUT2D eigenvalue weighted by molar-refractivity contribution is -0.123. The number of anilines is 1. The van der Waals surface area contributed by atoms with E-state index >= 15 is 0 Å². The van der Waals surface area contributed by atoms with Gasteiger partial charge in [0.1, 0.15) is 5.58 Å². The molecule has 1 N–H and O–H groups in total. The fourth-order valence-corrected chi connectivity index (χ4v) is 2.77. The van der Waals surface area contributed by atoms with Gasteiger partial charge in [-0.3, -0.25) is 9.59 Å². The Morgan fingerprint density at radius 3 is 2.41 bits per heavy atom. The molecule has 0 aliphatic carbocycles. The van der Waals surface area contributed by atoms with Crippen LogP contribution in [0.5, 0.6) is 0 Å². The maximum atomic E-state index is 12.4. The molecule has 0 saturated carbocycles. The Hall–Kier alpha value is -3.41. The number of furan rings is 1. The van der Waals surface area contributed by atoms with Gasteiger partial charge in [0.15, 0.2) is 11.9 Å². The minimum Gasteiger partial charge on any atom is -0.449 e. The van der Waals surface area contributed by atoms with Crippen LogP contribution in [0.1, 0.15) is 40.3 Å². The molecule has 1 atom stereocenters. The molecule has 3 aromatic rings. The third-order valence-electron chi connectivity index (χ3n) is 4.25. The number of benzene rings is 2. The number of carbonyl (C=O) groups is 3. The molecule has 138 valence electrons. The van der Waals surface area contributed by atoms with Crippen molar-refractivity contribution in [2.24, 2.45) is 0 Å². The topological polar surface area (TPSA) is 85.6 Å². The van der Waals surface area contributed by atoms with Gasteiger partial charge in [-0.25, -0.2) is 4.79 Å². The summed E-state index contributed by atoms with van der Waals surface area (Å²) in [4.78, 5) is 36.5. The van der Waals surface area contributed by atoms with Gasteiger partial charge in [0.05, 0.1) is 5.69 Å². The lowest BCUT2D eigenvalue weighted by Crippen LogP contribution is -2.30. The first-order chi connectivity index (χ1) is 12.9. The standard InChI is InChI=1S/C21H19NO5/c1-12-15-8-5-7-11-18(15)27-19(12)21(25)26-14(3)20(24)22-17-10-6-4-9-16(17)13(2)23/h4-11,14H,1-3H3,(H,22,24)/t14-/m0/s1. The van der Waals surface area contributed by atoms with Crippen molar-refractivity contribution in [3.05, 3.63) is 65.4 Å². The molecule has 1 amide bonds. The average Bonchev–Trinajstić information content (AvgIpc) is 2.99. The number of nitrogens with one attached hydrogen (secondary N) is 1. The van der Waals surface area contributed by atoms with E-state index in [9.17, 15) is 14.4 Å². The predicted molar refractivity (Wildman–Crippen MR) is 101 cm³/mol. The molecular weight excluding hydrogens is 346 g/mol. The van der Waals surface area contributed by atoms with Gasteiger partial charge in [0.2, 0.25) is 5.76 Å². The normalized spacial score (nSPS) is 11.8. The molecule has 0 radical (unpaired) electrons. The number of para-hydroxylation sites is 2. The fourth-order valence-electron chi connectivity index (χ4n) is 2.77. The van der Waals surface area contributed by atoms with E-state index in [2.05, 4.69) is 5.32 Å². The molecule has 6 heteroatoms. The molecule has 1 heterocycles. The second-order valence-corrected chi connectivity index (χ2v) is 6.19. The average molecular weight is 365 g/mol. The van der Waals surface area contributed by atoms with Crippen molar-refractivity contribution in [3.63, 3.8) is 0 Å². The van der Waals surface area contributed by atoms with E-state index in [1.54, 1.807) is 37.3 Å². The molecule has 0 aliphatic heterocycles. The summed E-state index contributed by atoms with van der Waals surface area (Å²) < 4.78 is 10.8. The summed E-state index contributed by atoms with van der Waals surface area (Å²) in [6.07, 6.45) is -1.06. The second kappa shape index (κ2) is 7.45. The number of fused-ring (bicyclic) bond motifs is 1. The van der Waals surface area contributed by atoms with Crippen LogP contribution in [0.15, 0.2) is 52.9 Å². The van der Waals surface area contributed by atoms with E-state index in [4.69, 9.17) is 9.15 Å². The van der Waals surface area contributed by atoms with Gasteiger partial charge in [-0.2, -0.15) is 0 Å². The largest absolute Gasteiger partial charge is 0.449 e. The van der Waals surface area contributed by atoms with Gasteiger partial charge < -0.3 is 14.5 Å². The number of Topliss-reactive ketones (excluding diaryl/α,β-unsaturated/α-hetero) is 1. The highest BCUT2D eigenvalue weighted by Gasteiger charge is 2.24. The van der Waals surface area contributed by atoms with Crippen LogP contribution < -0.4 is 5.32 Å². The van der Waals surface area contributed by atoms with Crippen molar-refractivity contribution >= 4 is 34.3 Å². The Labute approximate surface area is 156 Å². The first kappa shape index (κ1) is 18.4. The van der Waals surface area contributed by atoms with E-state index in [1.165, 1.54) is 13.8 Å². The monoisotopic (exact) mass is 365 g/mol. The van der Waals surface area contributed by atoms with Gasteiger partial charge in [-0.15, -0.1) is 0 Å². The first-order valence-electron chi connectivity index (χ1n) is 8.48. The van der Waals surface area contributed by atoms with Crippen LogP contribution in [0.25, 0.3) is 11.0 Å². The van der Waals surface area contributed by atoms with E-state index in [0.29, 0.717) is 22.4 Å². The summed E-state index contributed by atoms with van der Waals surface area (Å²) in [7, 11) is 0. The molecule has 27 heavy (non-hydrogen) atoms. The Bertz CT molecular complexity index is 1030. The summed E-state index contributed by atoms with van der Waals surface area (Å²) in [5.74, 6) is -1.36. The van der Waals surface area contributed by atoms with Gasteiger partial charge in [0, 0.05) is 16.5 Å². The van der Waals surface area contributed by atoms with Crippen LogP contribution in [-0.4, -0.2) is 23.8 Å². The number of esters is 1. The quantitative estimate of drug-likeness (QED) is 0.543. The van der Waals surface area contributed by atoms with Crippen molar-refractivity contribution in [3.8, 4) is 0 Å². The number of hydrogen-bond acceptors (Lipinski definition) is 5. The van der Waals surface area contributed by atoms with Gasteiger partial charge in [-0.05, 0) is 39.0 Å². The highest BCUT2D eigenvalue weighted by atomic mass is 16.6. The molecule has 0 saturated heterocycles. The Morgan fingerprint density at radius 1 is 1.04 bits per heavy atom. The van der Waals surface area contributed by atoms with Crippen LogP contribution in [-0.2, 0) is 9.53 Å². The highest BCUT2D eigenvalue weighted by Crippen LogP contribution is 2.26. The van der Waals surface area contributed by atoms with Crippen LogP contribution in [0, 0.1) is 6.92 Å². The van der Waals surface area contributed by atoms with Gasteiger partial charge in [0.25, 0.3) is 5.91 Å². The van der Waals surface area contributed by atoms with Crippen molar-refractivity contribution in [2.45, 2.75) is 26.9 Å². The molecule has 1 aromatic heterocycles. The number of carbonyl (C=O) groups excluding carboxylic acids is 3. The smallest absolute Gasteiger partial charge is 0.375 e. The van der Waals surface area contributed by atoms with Crippen LogP contribution in [0.2, 0.25) is 0 Å². The van der Waals surface area contributed by atoms with Gasteiger partial charge in [-0.1, -0.05) is 30.3 Å². The molecule has 0 bridgehead atoms. The molecule has 6 nitrogen and oxygen atoms in total. The number of ketones is 1. The Morgan fingerprint density at radius 2 is 1.70 bits per heavy atom. The molecule has 0 spiro atoms. The summed E-state index contributed by atoms with van der Waals surface area (Å²) in [5, 5.41) is 3.44. The van der Waals surface area contributed by atoms with Crippen LogP contribution >= 0.6 is 0 Å². The summed E-state index contributed by atoms with van der Waals surface area (Å²) in [6.45, 7) is 4.64. The van der Waals surface area contributed by atoms with E-state index in [1.807, 2.05) is 18.2 Å². The number of rotatable bonds is 5. The fraction of sp³-hybridized carbons (Fsp3) is 0.190. The number of hydrogen-bond donors (Lipinski definition) is 1. The highest BCUT2D eigenvalue weighted by molar-refractivity contribution is 6.05. The molecular formula is C21H19NO5. The number of aryl methyl sites for hydroxylation is 1. The van der Waals surface area contributed by atoms with Crippen LogP contribution in [0.4, 0.5) is 5.69 Å². The van der Waals surface area contributed by atoms with Crippen molar-refractivity contribution in [1.29, 1.82) is 0 Å². The Balaban J connectivity index is 1.73. The Kier molecular flexibility index (Phi) is 5.07. The zero-order valence-corrected chi connectivity index (χ0v) is 15.2. The number of ether oxygens (including phenoxy) is 1. The lowest BCUT2D eigenvalue weighted by atomic mass is 10.1. The molecule has 0 fully saturated rings. The maximum absolute atomic E-state index is 12.4. The van der Waals surface area contributed by atoms with Crippen molar-refractivity contribution in [2.75, 3.05) is 5.32 Å². The molecule has 0 aliphatic rings. The van der Waals surface area contributed by atoms with E-state index in [-0.39, 0.29) is 11.5 Å². The zero-order valence-electron chi connectivity index (χ0n) is 15.2. The molecule has 0 unspecified atom stereocenters. The summed E-state index contributed by atoms with van der Waals surface area (Å²) in [5.41, 5.74) is 2.00. The minimum absolute atomic E-state index is 0.0694. The SMILES string of the molecule is CC(=O)c1ccccc1NC(=O)[C@H](C)OC(=O)c1oc2ccccc2c1C. The summed E-state index contributed by atoms with van der Waals surface area (Å²) in [6, 6.07) is 13.9. The van der Waals surface area contributed by atoms with Crippen LogP contribution in [0.3, 0.4) is 0 Å². The van der Waals surface area contributed by atoms with Gasteiger partial charge >= 0.3 is 5.97 Å². The zero-order chi connectivity index (χ0) is 19.6. The van der Waals surface area contributed by atoms with Crippen molar-refractivity contribution in [1.82, 2.24) is 0 Å². The second-order valence-electron chi connectivity index (χ2n) is 6.19. The van der Waals surface area contributed by atoms with E-state index in [0.717, 1.165) is 5.39 Å². The summed E-state index contributed by atoms with van der Waals surface area (Å²) >= 11 is 0. The third-order valence-corrected chi connectivity index (χ3v) is 4.25. The first-order valence-corrected chi connectivity index (χ1v) is 8.48. The predicted octanol–water partition coefficient (Wildman–Crippen LogP) is 4.13. The molecule has 3 rings (SSSR count). The number of amides is 1.